The highest BCUT2D eigenvalue weighted by molar-refractivity contribution is 6.34. The van der Waals surface area contributed by atoms with Crippen LogP contribution in [0.2, 0.25) is 5.02 Å². The molecule has 0 aliphatic carbocycles. The molecule has 0 spiro atoms. The lowest BCUT2D eigenvalue weighted by molar-refractivity contribution is -0.157. The van der Waals surface area contributed by atoms with Crippen LogP contribution in [0, 0.1) is 10.8 Å². The zero-order valence-corrected chi connectivity index (χ0v) is 22.6. The van der Waals surface area contributed by atoms with Crippen LogP contribution in [0.5, 0.6) is 0 Å². The minimum Gasteiger partial charge on any atom is -0.430 e. The summed E-state index contributed by atoms with van der Waals surface area (Å²) in [6.45, 7) is 11.5. The third kappa shape index (κ3) is 6.29. The molecule has 196 valence electrons. The maximum atomic E-state index is 13.4. The van der Waals surface area contributed by atoms with Gasteiger partial charge in [0.2, 0.25) is 0 Å². The summed E-state index contributed by atoms with van der Waals surface area (Å²) in [5, 5.41) is 6.54. The van der Waals surface area contributed by atoms with E-state index in [1.54, 1.807) is 77.9 Å². The van der Waals surface area contributed by atoms with Gasteiger partial charge in [-0.2, -0.15) is 0 Å². The highest BCUT2D eigenvalue weighted by Gasteiger charge is 2.40. The first-order valence-electron chi connectivity index (χ1n) is 11.6. The van der Waals surface area contributed by atoms with Gasteiger partial charge in [-0.15, -0.1) is 5.06 Å². The van der Waals surface area contributed by atoms with E-state index in [9.17, 15) is 19.2 Å². The number of nitrogens with one attached hydrogen (secondary N) is 2. The van der Waals surface area contributed by atoms with Crippen molar-refractivity contribution in [2.24, 2.45) is 10.8 Å². The Morgan fingerprint density at radius 1 is 0.892 bits per heavy atom. The molecule has 0 aromatic heterocycles. The maximum Gasteiger partial charge on any atom is 0.338 e. The molecule has 3 rings (SSSR count). The van der Waals surface area contributed by atoms with Gasteiger partial charge < -0.3 is 20.2 Å². The van der Waals surface area contributed by atoms with Crippen molar-refractivity contribution in [1.29, 1.82) is 0 Å². The molecule has 2 N–H and O–H groups in total. The highest BCUT2D eigenvalue weighted by atomic mass is 35.5. The van der Waals surface area contributed by atoms with E-state index in [4.69, 9.17) is 21.2 Å². The molecule has 2 aromatic rings. The monoisotopic (exact) mass is 527 g/mol. The van der Waals surface area contributed by atoms with Crippen molar-refractivity contribution >= 4 is 58.1 Å². The maximum absolute atomic E-state index is 13.4. The summed E-state index contributed by atoms with van der Waals surface area (Å²) in [7, 11) is 0. The number of nitrogens with zero attached hydrogens (tertiary/aromatic N) is 1. The van der Waals surface area contributed by atoms with Crippen molar-refractivity contribution < 1.29 is 28.8 Å². The quantitative estimate of drug-likeness (QED) is 0.280. The number of allylic oxidation sites excluding steroid dienone is 1. The molecule has 0 unspecified atom stereocenters. The summed E-state index contributed by atoms with van der Waals surface area (Å²) < 4.78 is 5.48. The van der Waals surface area contributed by atoms with Crippen molar-refractivity contribution in [2.75, 3.05) is 15.7 Å². The zero-order chi connectivity index (χ0) is 27.7. The van der Waals surface area contributed by atoms with Gasteiger partial charge in [0, 0.05) is 11.3 Å². The minimum absolute atomic E-state index is 0.0673. The molecule has 9 nitrogen and oxygen atoms in total. The first kappa shape index (κ1) is 27.7. The fourth-order valence-corrected chi connectivity index (χ4v) is 3.34. The van der Waals surface area contributed by atoms with E-state index in [1.165, 1.54) is 13.0 Å². The predicted molar refractivity (Wildman–Crippen MR) is 142 cm³/mol. The van der Waals surface area contributed by atoms with Crippen LogP contribution < -0.4 is 15.7 Å². The van der Waals surface area contributed by atoms with Crippen LogP contribution in [0.1, 0.15) is 54.0 Å². The molecule has 2 aromatic carbocycles. The number of ether oxygens (including phenoxy) is 1. The highest BCUT2D eigenvalue weighted by Crippen LogP contribution is 2.41. The SMILES string of the molecule is C/C(OC(=O)C(C)(C)C)=C1/C(=O)N(OC(=O)C(C)(C)C)c2cc(NC(=O)Nc3ccccc3Cl)ccc21. The minimum atomic E-state index is -0.897. The Balaban J connectivity index is 1.98. The first-order chi connectivity index (χ1) is 17.1. The third-order valence-corrected chi connectivity index (χ3v) is 5.59. The van der Waals surface area contributed by atoms with E-state index >= 15 is 0 Å². The second-order valence-corrected chi connectivity index (χ2v) is 11.0. The molecule has 1 aliphatic heterocycles. The number of hydrogen-bond acceptors (Lipinski definition) is 6. The fraction of sp³-hybridized carbons (Fsp3) is 0.333. The number of fused-ring (bicyclic) bond motifs is 1. The Morgan fingerprint density at radius 3 is 2.11 bits per heavy atom. The van der Waals surface area contributed by atoms with E-state index in [0.29, 0.717) is 22.0 Å². The van der Waals surface area contributed by atoms with Gasteiger partial charge in [0.1, 0.15) is 5.76 Å². The van der Waals surface area contributed by atoms with E-state index in [1.807, 2.05) is 0 Å². The van der Waals surface area contributed by atoms with Crippen LogP contribution in [0.15, 0.2) is 48.2 Å². The molecule has 0 radical (unpaired) electrons. The summed E-state index contributed by atoms with van der Waals surface area (Å²) in [4.78, 5) is 56.5. The standard InChI is InChI=1S/C27H30ClN3O6/c1-15(36-23(33)26(2,3)4)21-17-13-12-16(29-25(35)30-19-11-9-8-10-18(19)28)14-20(17)31(22(21)32)37-24(34)27(5,6)7/h8-14H,1-7H3,(H2,29,30,35)/b21-15-. The number of hydroxylamine groups is 1. The van der Waals surface area contributed by atoms with Gasteiger partial charge in [-0.1, -0.05) is 23.7 Å². The van der Waals surface area contributed by atoms with Gasteiger partial charge in [0.15, 0.2) is 0 Å². The van der Waals surface area contributed by atoms with E-state index in [-0.39, 0.29) is 17.0 Å². The topological polar surface area (TPSA) is 114 Å². The number of urea groups is 1. The Bertz CT molecular complexity index is 1300. The smallest absolute Gasteiger partial charge is 0.338 e. The van der Waals surface area contributed by atoms with E-state index in [0.717, 1.165) is 5.06 Å². The van der Waals surface area contributed by atoms with Gasteiger partial charge in [-0.25, -0.2) is 9.59 Å². The van der Waals surface area contributed by atoms with E-state index < -0.39 is 34.7 Å². The van der Waals surface area contributed by atoms with Crippen molar-refractivity contribution in [3.63, 3.8) is 0 Å². The summed E-state index contributed by atoms with van der Waals surface area (Å²) in [5.41, 5.74) is -0.304. The van der Waals surface area contributed by atoms with Crippen molar-refractivity contribution in [3.8, 4) is 0 Å². The van der Waals surface area contributed by atoms with Crippen molar-refractivity contribution in [3.05, 3.63) is 58.8 Å². The molecule has 0 bridgehead atoms. The molecule has 0 saturated heterocycles. The number of anilines is 3. The number of benzene rings is 2. The molecule has 1 aliphatic rings. The molecule has 37 heavy (non-hydrogen) atoms. The van der Waals surface area contributed by atoms with Gasteiger partial charge in [-0.3, -0.25) is 9.59 Å². The van der Waals surface area contributed by atoms with Gasteiger partial charge in [0.05, 0.1) is 32.8 Å². The second kappa shape index (κ2) is 10.3. The van der Waals surface area contributed by atoms with Crippen LogP contribution >= 0.6 is 11.6 Å². The number of carbonyl (C=O) groups is 4. The molecule has 1 heterocycles. The molecule has 10 heteroatoms. The Hall–Kier alpha value is -3.85. The lowest BCUT2D eigenvalue weighted by atomic mass is 9.97. The predicted octanol–water partition coefficient (Wildman–Crippen LogP) is 6.16. The largest absolute Gasteiger partial charge is 0.430 e. The summed E-state index contributed by atoms with van der Waals surface area (Å²) in [6, 6.07) is 10.8. The van der Waals surface area contributed by atoms with Crippen LogP contribution in [-0.4, -0.2) is 23.9 Å². The Morgan fingerprint density at radius 2 is 1.51 bits per heavy atom. The summed E-state index contributed by atoms with van der Waals surface area (Å²) in [6.07, 6.45) is 0. The van der Waals surface area contributed by atoms with Crippen LogP contribution in [0.3, 0.4) is 0 Å². The Kier molecular flexibility index (Phi) is 7.69. The van der Waals surface area contributed by atoms with Crippen molar-refractivity contribution in [1.82, 2.24) is 0 Å². The molecular formula is C27H30ClN3O6. The molecule has 0 fully saturated rings. The van der Waals surface area contributed by atoms with Crippen LogP contribution in [0.4, 0.5) is 21.9 Å². The fourth-order valence-electron chi connectivity index (χ4n) is 3.16. The number of esters is 1. The number of carbonyl (C=O) groups excluding carboxylic acids is 4. The lowest BCUT2D eigenvalue weighted by Gasteiger charge is -2.22. The lowest BCUT2D eigenvalue weighted by Crippen LogP contribution is -2.35. The first-order valence-corrected chi connectivity index (χ1v) is 11.9. The molecular weight excluding hydrogens is 498 g/mol. The third-order valence-electron chi connectivity index (χ3n) is 5.26. The summed E-state index contributed by atoms with van der Waals surface area (Å²) in [5.74, 6) is -1.78. The number of para-hydroxylation sites is 1. The number of hydrogen-bond donors (Lipinski definition) is 2. The van der Waals surface area contributed by atoms with E-state index in [2.05, 4.69) is 10.6 Å². The van der Waals surface area contributed by atoms with Gasteiger partial charge in [0.25, 0.3) is 5.91 Å². The van der Waals surface area contributed by atoms with Crippen molar-refractivity contribution in [2.45, 2.75) is 48.5 Å². The molecule has 0 saturated carbocycles. The van der Waals surface area contributed by atoms with Crippen LogP contribution in [-0.2, 0) is 24.0 Å². The van der Waals surface area contributed by atoms with Crippen LogP contribution in [0.25, 0.3) is 5.57 Å². The normalized spacial score (nSPS) is 14.6. The average molecular weight is 528 g/mol. The average Bonchev–Trinajstić information content (AvgIpc) is 3.04. The van der Waals surface area contributed by atoms with Gasteiger partial charge >= 0.3 is 18.0 Å². The molecule has 0 atom stereocenters. The van der Waals surface area contributed by atoms with Gasteiger partial charge in [-0.05, 0) is 78.8 Å². The zero-order valence-electron chi connectivity index (χ0n) is 21.8. The Labute approximate surface area is 220 Å². The molecule has 3 amide bonds. The number of halogens is 1. The number of rotatable bonds is 4. The number of amides is 3. The summed E-state index contributed by atoms with van der Waals surface area (Å²) >= 11 is 6.10. The second-order valence-electron chi connectivity index (χ2n) is 10.6.